The third-order valence-corrected chi connectivity index (χ3v) is 1.49. The fraction of sp³-hybridized carbons (Fsp3) is 0.375. The average molecular weight is 153 g/mol. The van der Waals surface area contributed by atoms with Crippen molar-refractivity contribution >= 4 is 5.78 Å². The van der Waals surface area contributed by atoms with E-state index in [2.05, 4.69) is 0 Å². The number of carbonyl (C=O) groups excluding carboxylic acids is 1. The molecule has 0 aliphatic rings. The van der Waals surface area contributed by atoms with Crippen LogP contribution in [0.2, 0.25) is 0 Å². The molecule has 1 rings (SSSR count). The summed E-state index contributed by atoms with van der Waals surface area (Å²) in [4.78, 5) is 11.2. The molecule has 0 unspecified atom stereocenters. The standard InChI is InChI=1S/C8H11NO2/c1-6-3-5-11-8(6)7(10)2-4-9/h3,5H,2,4,9H2,1H3. The van der Waals surface area contributed by atoms with E-state index < -0.39 is 0 Å². The number of hydrogen-bond donors (Lipinski definition) is 1. The summed E-state index contributed by atoms with van der Waals surface area (Å²) >= 11 is 0. The topological polar surface area (TPSA) is 56.2 Å². The maximum atomic E-state index is 11.2. The highest BCUT2D eigenvalue weighted by molar-refractivity contribution is 5.94. The maximum absolute atomic E-state index is 11.2. The van der Waals surface area contributed by atoms with Gasteiger partial charge in [0.2, 0.25) is 0 Å². The number of ketones is 1. The number of nitrogens with two attached hydrogens (primary N) is 1. The van der Waals surface area contributed by atoms with Crippen molar-refractivity contribution in [1.82, 2.24) is 0 Å². The van der Waals surface area contributed by atoms with E-state index in [1.807, 2.05) is 6.92 Å². The minimum Gasteiger partial charge on any atom is -0.461 e. The van der Waals surface area contributed by atoms with Gasteiger partial charge in [-0.05, 0) is 25.1 Å². The zero-order chi connectivity index (χ0) is 8.27. The summed E-state index contributed by atoms with van der Waals surface area (Å²) < 4.78 is 4.97. The molecule has 1 aromatic rings. The van der Waals surface area contributed by atoms with Gasteiger partial charge in [-0.25, -0.2) is 0 Å². The Bertz CT molecular complexity index is 252. The van der Waals surface area contributed by atoms with Crippen LogP contribution in [-0.4, -0.2) is 12.3 Å². The van der Waals surface area contributed by atoms with Crippen molar-refractivity contribution in [2.45, 2.75) is 13.3 Å². The van der Waals surface area contributed by atoms with Gasteiger partial charge in [-0.2, -0.15) is 0 Å². The number of hydrogen-bond acceptors (Lipinski definition) is 3. The van der Waals surface area contributed by atoms with E-state index in [4.69, 9.17) is 10.2 Å². The van der Waals surface area contributed by atoms with Crippen molar-refractivity contribution in [3.05, 3.63) is 23.7 Å². The largest absolute Gasteiger partial charge is 0.461 e. The normalized spacial score (nSPS) is 10.0. The molecule has 0 spiro atoms. The summed E-state index contributed by atoms with van der Waals surface area (Å²) in [6.07, 6.45) is 1.87. The third kappa shape index (κ3) is 1.68. The van der Waals surface area contributed by atoms with Crippen LogP contribution in [0.3, 0.4) is 0 Å². The van der Waals surface area contributed by atoms with E-state index in [-0.39, 0.29) is 5.78 Å². The smallest absolute Gasteiger partial charge is 0.199 e. The first-order valence-electron chi connectivity index (χ1n) is 3.53. The summed E-state index contributed by atoms with van der Waals surface area (Å²) in [5.41, 5.74) is 6.10. The quantitative estimate of drug-likeness (QED) is 0.662. The Morgan fingerprint density at radius 1 is 1.73 bits per heavy atom. The van der Waals surface area contributed by atoms with Crippen LogP contribution in [-0.2, 0) is 0 Å². The van der Waals surface area contributed by atoms with E-state index in [1.165, 1.54) is 6.26 Å². The fourth-order valence-corrected chi connectivity index (χ4v) is 0.903. The van der Waals surface area contributed by atoms with Crippen LogP contribution < -0.4 is 5.73 Å². The maximum Gasteiger partial charge on any atom is 0.199 e. The Morgan fingerprint density at radius 2 is 2.45 bits per heavy atom. The van der Waals surface area contributed by atoms with Crippen molar-refractivity contribution < 1.29 is 9.21 Å². The number of carbonyl (C=O) groups is 1. The molecule has 1 heterocycles. The molecule has 3 nitrogen and oxygen atoms in total. The van der Waals surface area contributed by atoms with Gasteiger partial charge in [0, 0.05) is 6.42 Å². The minimum absolute atomic E-state index is 0.0185. The van der Waals surface area contributed by atoms with E-state index in [1.54, 1.807) is 6.07 Å². The molecular formula is C8H11NO2. The first kappa shape index (κ1) is 8.01. The van der Waals surface area contributed by atoms with E-state index in [0.717, 1.165) is 5.56 Å². The van der Waals surface area contributed by atoms with Crippen molar-refractivity contribution in [1.29, 1.82) is 0 Å². The van der Waals surface area contributed by atoms with Gasteiger partial charge in [0.1, 0.15) is 0 Å². The predicted molar refractivity (Wildman–Crippen MR) is 41.4 cm³/mol. The van der Waals surface area contributed by atoms with Crippen molar-refractivity contribution in [3.63, 3.8) is 0 Å². The molecule has 0 fully saturated rings. The molecular weight excluding hydrogens is 142 g/mol. The molecule has 2 N–H and O–H groups in total. The molecule has 0 saturated heterocycles. The lowest BCUT2D eigenvalue weighted by atomic mass is 10.1. The highest BCUT2D eigenvalue weighted by Gasteiger charge is 2.10. The third-order valence-electron chi connectivity index (χ3n) is 1.49. The molecule has 0 aliphatic heterocycles. The zero-order valence-electron chi connectivity index (χ0n) is 6.46. The van der Waals surface area contributed by atoms with Gasteiger partial charge < -0.3 is 10.2 Å². The number of aryl methyl sites for hydroxylation is 1. The highest BCUT2D eigenvalue weighted by atomic mass is 16.3. The van der Waals surface area contributed by atoms with Crippen LogP contribution in [0.25, 0.3) is 0 Å². The predicted octanol–water partition coefficient (Wildman–Crippen LogP) is 1.12. The molecule has 1 aromatic heterocycles. The molecule has 0 saturated carbocycles. The second-order valence-corrected chi connectivity index (χ2v) is 2.39. The van der Waals surface area contributed by atoms with Gasteiger partial charge >= 0.3 is 0 Å². The lowest BCUT2D eigenvalue weighted by Crippen LogP contribution is -2.08. The van der Waals surface area contributed by atoms with Crippen LogP contribution in [0.1, 0.15) is 22.5 Å². The Hall–Kier alpha value is -1.09. The van der Waals surface area contributed by atoms with Crippen LogP contribution in [0.4, 0.5) is 0 Å². The Balaban J connectivity index is 2.76. The molecule has 60 valence electrons. The lowest BCUT2D eigenvalue weighted by Gasteiger charge is -1.94. The Labute approximate surface area is 65.2 Å². The van der Waals surface area contributed by atoms with Gasteiger partial charge in [0.05, 0.1) is 6.26 Å². The monoisotopic (exact) mass is 153 g/mol. The molecule has 0 radical (unpaired) electrons. The number of Topliss-reactive ketones (excluding diaryl/α,β-unsaturated/α-hetero) is 1. The van der Waals surface area contributed by atoms with Gasteiger partial charge in [0.25, 0.3) is 0 Å². The van der Waals surface area contributed by atoms with Crippen LogP contribution in [0, 0.1) is 6.92 Å². The lowest BCUT2D eigenvalue weighted by molar-refractivity contribution is 0.0958. The van der Waals surface area contributed by atoms with E-state index >= 15 is 0 Å². The summed E-state index contributed by atoms with van der Waals surface area (Å²) in [5.74, 6) is 0.422. The van der Waals surface area contributed by atoms with Crippen LogP contribution in [0.5, 0.6) is 0 Å². The van der Waals surface area contributed by atoms with Gasteiger partial charge in [-0.3, -0.25) is 4.79 Å². The van der Waals surface area contributed by atoms with Gasteiger partial charge in [-0.15, -0.1) is 0 Å². The highest BCUT2D eigenvalue weighted by Crippen LogP contribution is 2.10. The first-order chi connectivity index (χ1) is 5.25. The summed E-state index contributed by atoms with van der Waals surface area (Å²) in [6, 6.07) is 1.77. The summed E-state index contributed by atoms with van der Waals surface area (Å²) in [5, 5.41) is 0. The van der Waals surface area contributed by atoms with E-state index in [9.17, 15) is 4.79 Å². The molecule has 11 heavy (non-hydrogen) atoms. The SMILES string of the molecule is Cc1ccoc1C(=O)CCN. The molecule has 0 amide bonds. The summed E-state index contributed by atoms with van der Waals surface area (Å²) in [7, 11) is 0. The zero-order valence-corrected chi connectivity index (χ0v) is 6.46. The Kier molecular flexibility index (Phi) is 2.44. The molecule has 3 heteroatoms. The van der Waals surface area contributed by atoms with Crippen LogP contribution >= 0.6 is 0 Å². The van der Waals surface area contributed by atoms with Gasteiger partial charge in [-0.1, -0.05) is 0 Å². The van der Waals surface area contributed by atoms with Gasteiger partial charge in [0.15, 0.2) is 11.5 Å². The van der Waals surface area contributed by atoms with Crippen LogP contribution in [0.15, 0.2) is 16.7 Å². The molecule has 0 aliphatic carbocycles. The Morgan fingerprint density at radius 3 is 2.91 bits per heavy atom. The van der Waals surface area contributed by atoms with E-state index in [0.29, 0.717) is 18.7 Å². The molecule has 0 atom stereocenters. The first-order valence-corrected chi connectivity index (χ1v) is 3.53. The van der Waals surface area contributed by atoms with Crippen molar-refractivity contribution in [2.24, 2.45) is 5.73 Å². The van der Waals surface area contributed by atoms with Crippen molar-refractivity contribution in [2.75, 3.05) is 6.54 Å². The number of furan rings is 1. The fourth-order valence-electron chi connectivity index (χ4n) is 0.903. The number of rotatable bonds is 3. The average Bonchev–Trinajstić information content (AvgIpc) is 2.36. The molecule has 0 bridgehead atoms. The second kappa shape index (κ2) is 3.34. The minimum atomic E-state index is -0.0185. The molecule has 0 aromatic carbocycles. The summed E-state index contributed by atoms with van der Waals surface area (Å²) in [6.45, 7) is 2.21. The van der Waals surface area contributed by atoms with Crippen molar-refractivity contribution in [3.8, 4) is 0 Å². The second-order valence-electron chi connectivity index (χ2n) is 2.39.